The molecule has 0 radical (unpaired) electrons. The molecule has 1 fully saturated rings. The van der Waals surface area contributed by atoms with Crippen LogP contribution in [0.3, 0.4) is 0 Å². The quantitative estimate of drug-likeness (QED) is 0.464. The molecule has 1 atom stereocenters. The highest BCUT2D eigenvalue weighted by molar-refractivity contribution is 6.32. The number of hydrazone groups is 1. The molecule has 0 spiro atoms. The number of carbonyl (C=O) groups excluding carboxylic acids is 2. The number of carbonyl (C=O) groups is 2. The molecular weight excluding hydrogens is 392 g/mol. The summed E-state index contributed by atoms with van der Waals surface area (Å²) in [5.74, 6) is -0.356. The van der Waals surface area contributed by atoms with Gasteiger partial charge in [0.05, 0.1) is 11.7 Å². The maximum atomic E-state index is 12.5. The van der Waals surface area contributed by atoms with Crippen molar-refractivity contribution in [2.24, 2.45) is 5.10 Å². The molecule has 1 saturated heterocycles. The lowest BCUT2D eigenvalue weighted by molar-refractivity contribution is -0.125. The molecule has 29 heavy (non-hydrogen) atoms. The van der Waals surface area contributed by atoms with Gasteiger partial charge in [0.2, 0.25) is 0 Å². The third-order valence-corrected chi connectivity index (χ3v) is 4.82. The number of fused-ring (bicyclic) bond motifs is 1. The Morgan fingerprint density at radius 1 is 1.34 bits per heavy atom. The van der Waals surface area contributed by atoms with Gasteiger partial charge >= 0.3 is 6.09 Å². The Bertz CT molecular complexity index is 968. The van der Waals surface area contributed by atoms with Crippen molar-refractivity contribution in [3.8, 4) is 0 Å². The van der Waals surface area contributed by atoms with Crippen LogP contribution in [0.1, 0.15) is 44.7 Å². The minimum atomic E-state index is -0.614. The molecule has 2 amide bonds. The van der Waals surface area contributed by atoms with Gasteiger partial charge in [-0.3, -0.25) is 9.69 Å². The van der Waals surface area contributed by atoms with E-state index in [-0.39, 0.29) is 5.91 Å². The fraction of sp³-hybridized carbons (Fsp3) is 0.429. The molecule has 0 bridgehead atoms. The lowest BCUT2D eigenvalue weighted by atomic mass is 10.1. The van der Waals surface area contributed by atoms with Crippen molar-refractivity contribution in [1.82, 2.24) is 15.3 Å². The average molecular weight is 417 g/mol. The van der Waals surface area contributed by atoms with Crippen molar-refractivity contribution >= 4 is 40.7 Å². The van der Waals surface area contributed by atoms with Gasteiger partial charge in [-0.25, -0.2) is 15.2 Å². The lowest BCUT2D eigenvalue weighted by Crippen LogP contribution is -2.46. The van der Waals surface area contributed by atoms with Crippen LogP contribution in [0.25, 0.3) is 10.9 Å². The van der Waals surface area contributed by atoms with E-state index in [4.69, 9.17) is 16.3 Å². The summed E-state index contributed by atoms with van der Waals surface area (Å²) in [4.78, 5) is 30.7. The highest BCUT2D eigenvalue weighted by Gasteiger charge is 2.36. The number of aryl methyl sites for hydroxylation is 1. The number of halogens is 1. The summed E-state index contributed by atoms with van der Waals surface area (Å²) in [5, 5.41) is 5.25. The zero-order valence-electron chi connectivity index (χ0n) is 17.0. The molecule has 7 nitrogen and oxygen atoms in total. The molecule has 1 aliphatic heterocycles. The van der Waals surface area contributed by atoms with Crippen LogP contribution >= 0.6 is 11.6 Å². The second-order valence-electron chi connectivity index (χ2n) is 8.13. The Morgan fingerprint density at radius 2 is 2.10 bits per heavy atom. The maximum Gasteiger partial charge on any atom is 0.410 e. The number of pyridine rings is 1. The summed E-state index contributed by atoms with van der Waals surface area (Å²) >= 11 is 6.24. The molecule has 0 aliphatic carbocycles. The van der Waals surface area contributed by atoms with Crippen LogP contribution < -0.4 is 5.43 Å². The predicted molar refractivity (Wildman–Crippen MR) is 113 cm³/mol. The number of ether oxygens (including phenoxy) is 1. The van der Waals surface area contributed by atoms with Crippen molar-refractivity contribution in [3.05, 3.63) is 40.5 Å². The molecule has 1 N–H and O–H groups in total. The van der Waals surface area contributed by atoms with Crippen LogP contribution in [0.15, 0.2) is 29.4 Å². The Morgan fingerprint density at radius 3 is 2.83 bits per heavy atom. The van der Waals surface area contributed by atoms with Crippen molar-refractivity contribution < 1.29 is 14.3 Å². The summed E-state index contributed by atoms with van der Waals surface area (Å²) in [6.45, 7) is 7.86. The zero-order valence-corrected chi connectivity index (χ0v) is 17.8. The first-order valence-corrected chi connectivity index (χ1v) is 9.91. The number of likely N-dealkylation sites (tertiary alicyclic amines) is 1. The third kappa shape index (κ3) is 5.23. The Labute approximate surface area is 175 Å². The molecular formula is C21H25ClN4O3. The van der Waals surface area contributed by atoms with E-state index in [1.165, 1.54) is 11.1 Å². The normalized spacial score (nSPS) is 17.1. The largest absolute Gasteiger partial charge is 0.444 e. The van der Waals surface area contributed by atoms with E-state index in [9.17, 15) is 9.59 Å². The summed E-state index contributed by atoms with van der Waals surface area (Å²) in [6, 6.07) is 7.17. The van der Waals surface area contributed by atoms with Crippen molar-refractivity contribution in [3.63, 3.8) is 0 Å². The fourth-order valence-electron chi connectivity index (χ4n) is 3.18. The molecule has 1 aromatic heterocycles. The van der Waals surface area contributed by atoms with Gasteiger partial charge in [-0.05, 0) is 58.2 Å². The molecule has 3 rings (SSSR count). The molecule has 8 heteroatoms. The molecule has 0 unspecified atom stereocenters. The summed E-state index contributed by atoms with van der Waals surface area (Å²) < 4.78 is 5.38. The fourth-order valence-corrected chi connectivity index (χ4v) is 3.37. The standard InChI is InChI=1S/C21H25ClN4O3/c1-13-7-8-14-11-15(18(22)24-16(14)10-13)12-23-25-19(27)17-6-5-9-26(17)20(28)29-21(2,3)4/h7-8,10-12,17H,5-6,9H2,1-4H3,(H,25,27)/b23-12-/t17-/m0/s1. The van der Waals surface area contributed by atoms with Crippen LogP contribution in [-0.4, -0.2) is 46.3 Å². The van der Waals surface area contributed by atoms with E-state index in [1.54, 1.807) is 20.8 Å². The van der Waals surface area contributed by atoms with E-state index in [1.807, 2.05) is 31.2 Å². The van der Waals surface area contributed by atoms with E-state index in [2.05, 4.69) is 15.5 Å². The molecule has 2 aromatic rings. The average Bonchev–Trinajstić information content (AvgIpc) is 3.11. The molecule has 154 valence electrons. The first-order chi connectivity index (χ1) is 13.6. The van der Waals surface area contributed by atoms with Crippen LogP contribution in [0.5, 0.6) is 0 Å². The van der Waals surface area contributed by atoms with E-state index < -0.39 is 17.7 Å². The van der Waals surface area contributed by atoms with E-state index in [0.29, 0.717) is 23.7 Å². The van der Waals surface area contributed by atoms with E-state index in [0.717, 1.165) is 22.9 Å². The Balaban J connectivity index is 1.67. The SMILES string of the molecule is Cc1ccc2cc(/C=N\NC(=O)[C@@H]3CCCN3C(=O)OC(C)(C)C)c(Cl)nc2c1. The van der Waals surface area contributed by atoms with Crippen LogP contribution in [-0.2, 0) is 9.53 Å². The number of rotatable bonds is 3. The van der Waals surface area contributed by atoms with Gasteiger partial charge in [0.15, 0.2) is 0 Å². The number of nitrogens with zero attached hydrogens (tertiary/aromatic N) is 3. The Hall–Kier alpha value is -2.67. The van der Waals surface area contributed by atoms with Gasteiger partial charge in [-0.15, -0.1) is 0 Å². The van der Waals surface area contributed by atoms with E-state index >= 15 is 0 Å². The van der Waals surface area contributed by atoms with Crippen LogP contribution in [0, 0.1) is 6.92 Å². The first kappa shape index (κ1) is 21.0. The monoisotopic (exact) mass is 416 g/mol. The van der Waals surface area contributed by atoms with Gasteiger partial charge in [0, 0.05) is 17.5 Å². The number of aromatic nitrogens is 1. The highest BCUT2D eigenvalue weighted by Crippen LogP contribution is 2.22. The van der Waals surface area contributed by atoms with Crippen molar-refractivity contribution in [1.29, 1.82) is 0 Å². The zero-order chi connectivity index (χ0) is 21.2. The Kier molecular flexibility index (Phi) is 6.07. The topological polar surface area (TPSA) is 83.9 Å². The number of hydrogen-bond acceptors (Lipinski definition) is 5. The van der Waals surface area contributed by atoms with Gasteiger partial charge in [0.1, 0.15) is 16.8 Å². The molecule has 1 aromatic carbocycles. The van der Waals surface area contributed by atoms with Gasteiger partial charge in [-0.2, -0.15) is 5.10 Å². The second-order valence-corrected chi connectivity index (χ2v) is 8.49. The summed E-state index contributed by atoms with van der Waals surface area (Å²) in [6.07, 6.45) is 2.27. The number of amides is 2. The highest BCUT2D eigenvalue weighted by atomic mass is 35.5. The van der Waals surface area contributed by atoms with Crippen LogP contribution in [0.4, 0.5) is 4.79 Å². The minimum Gasteiger partial charge on any atom is -0.444 e. The maximum absolute atomic E-state index is 12.5. The second kappa shape index (κ2) is 8.37. The molecule has 2 heterocycles. The molecule has 0 saturated carbocycles. The first-order valence-electron chi connectivity index (χ1n) is 9.53. The van der Waals surface area contributed by atoms with Gasteiger partial charge < -0.3 is 4.74 Å². The summed E-state index contributed by atoms with van der Waals surface area (Å²) in [5.41, 5.74) is 4.38. The van der Waals surface area contributed by atoms with Crippen molar-refractivity contribution in [2.45, 2.75) is 52.2 Å². The van der Waals surface area contributed by atoms with Gasteiger partial charge in [-0.1, -0.05) is 23.7 Å². The molecule has 1 aliphatic rings. The van der Waals surface area contributed by atoms with Crippen molar-refractivity contribution in [2.75, 3.05) is 6.54 Å². The predicted octanol–water partition coefficient (Wildman–Crippen LogP) is 4.05. The minimum absolute atomic E-state index is 0.303. The third-order valence-electron chi connectivity index (χ3n) is 4.52. The smallest absolute Gasteiger partial charge is 0.410 e. The number of nitrogens with one attached hydrogen (secondary N) is 1. The van der Waals surface area contributed by atoms with Gasteiger partial charge in [0.25, 0.3) is 5.91 Å². The summed E-state index contributed by atoms with van der Waals surface area (Å²) in [7, 11) is 0. The lowest BCUT2D eigenvalue weighted by Gasteiger charge is -2.27. The number of hydrogen-bond donors (Lipinski definition) is 1. The number of benzene rings is 1. The van der Waals surface area contributed by atoms with Crippen LogP contribution in [0.2, 0.25) is 5.15 Å².